The van der Waals surface area contributed by atoms with Gasteiger partial charge in [0.1, 0.15) is 5.75 Å². The third-order valence-corrected chi connectivity index (χ3v) is 6.00. The predicted molar refractivity (Wildman–Crippen MR) is 141 cm³/mol. The van der Waals surface area contributed by atoms with Crippen LogP contribution in [0.15, 0.2) is 78.9 Å². The van der Waals surface area contributed by atoms with E-state index in [1.807, 2.05) is 42.5 Å². The zero-order valence-corrected chi connectivity index (χ0v) is 20.7. The van der Waals surface area contributed by atoms with Gasteiger partial charge in [-0.1, -0.05) is 106 Å². The van der Waals surface area contributed by atoms with E-state index < -0.39 is 5.97 Å². The molecule has 3 rings (SSSR count). The second kappa shape index (κ2) is 14.8. The topological polar surface area (TPSA) is 52.6 Å². The van der Waals surface area contributed by atoms with Crippen molar-refractivity contribution in [3.8, 4) is 16.9 Å². The molecule has 35 heavy (non-hydrogen) atoms. The number of Topliss-reactive ketones (excluding diaryl/α,β-unsaturated/α-hetero) is 1. The first-order valence-corrected chi connectivity index (χ1v) is 12.8. The van der Waals surface area contributed by atoms with Crippen molar-refractivity contribution in [1.82, 2.24) is 0 Å². The lowest BCUT2D eigenvalue weighted by atomic mass is 10.0. The van der Waals surface area contributed by atoms with E-state index in [-0.39, 0.29) is 12.4 Å². The Morgan fingerprint density at radius 3 is 1.86 bits per heavy atom. The average molecular weight is 473 g/mol. The van der Waals surface area contributed by atoms with Gasteiger partial charge in [-0.25, -0.2) is 4.79 Å². The van der Waals surface area contributed by atoms with Gasteiger partial charge in [-0.3, -0.25) is 4.79 Å². The summed E-state index contributed by atoms with van der Waals surface area (Å²) in [6.45, 7) is 2.62. The van der Waals surface area contributed by atoms with Crippen LogP contribution in [0.5, 0.6) is 5.75 Å². The summed E-state index contributed by atoms with van der Waals surface area (Å²) in [6, 6.07) is 24.2. The van der Waals surface area contributed by atoms with Crippen LogP contribution in [0.3, 0.4) is 0 Å². The van der Waals surface area contributed by atoms with Crippen molar-refractivity contribution < 1.29 is 19.1 Å². The largest absolute Gasteiger partial charge is 0.494 e. The number of carbonyl (C=O) groups excluding carboxylic acids is 2. The monoisotopic (exact) mass is 472 g/mol. The van der Waals surface area contributed by atoms with Gasteiger partial charge >= 0.3 is 5.97 Å². The number of ether oxygens (including phenoxy) is 2. The van der Waals surface area contributed by atoms with Crippen LogP contribution in [0.4, 0.5) is 0 Å². The summed E-state index contributed by atoms with van der Waals surface area (Å²) in [6.07, 6.45) is 10.1. The highest BCUT2D eigenvalue weighted by Gasteiger charge is 2.12. The van der Waals surface area contributed by atoms with E-state index in [1.54, 1.807) is 36.4 Å². The average Bonchev–Trinajstić information content (AvgIpc) is 2.91. The van der Waals surface area contributed by atoms with Crippen molar-refractivity contribution in [2.75, 3.05) is 13.2 Å². The quantitative estimate of drug-likeness (QED) is 0.128. The maximum absolute atomic E-state index is 12.4. The number of hydrogen-bond donors (Lipinski definition) is 0. The first-order valence-electron chi connectivity index (χ1n) is 12.8. The van der Waals surface area contributed by atoms with Gasteiger partial charge in [-0.2, -0.15) is 0 Å². The molecule has 0 saturated carbocycles. The summed E-state index contributed by atoms with van der Waals surface area (Å²) in [5.74, 6) is -0.0174. The Kier molecular flexibility index (Phi) is 11.1. The van der Waals surface area contributed by atoms with E-state index in [1.165, 1.54) is 44.9 Å². The SMILES string of the molecule is CCCCCCCCCCOc1ccc(C(=O)OCC(=O)c2ccc(-c3ccccc3)cc2)cc1. The Morgan fingerprint density at radius 2 is 1.20 bits per heavy atom. The van der Waals surface area contributed by atoms with Crippen LogP contribution < -0.4 is 4.74 Å². The minimum Gasteiger partial charge on any atom is -0.494 e. The van der Waals surface area contributed by atoms with Crippen molar-refractivity contribution in [1.29, 1.82) is 0 Å². The van der Waals surface area contributed by atoms with Gasteiger partial charge in [0.2, 0.25) is 0 Å². The zero-order valence-electron chi connectivity index (χ0n) is 20.7. The third kappa shape index (κ3) is 9.05. The highest BCUT2D eigenvalue weighted by molar-refractivity contribution is 5.99. The summed E-state index contributed by atoms with van der Waals surface area (Å²) < 4.78 is 11.0. The molecule has 4 heteroatoms. The van der Waals surface area contributed by atoms with E-state index in [0.29, 0.717) is 17.7 Å². The van der Waals surface area contributed by atoms with Gasteiger partial charge in [-0.05, 0) is 41.8 Å². The molecule has 0 bridgehead atoms. The van der Waals surface area contributed by atoms with E-state index in [2.05, 4.69) is 6.92 Å². The number of benzene rings is 3. The predicted octanol–water partition coefficient (Wildman–Crippen LogP) is 7.91. The van der Waals surface area contributed by atoms with Gasteiger partial charge < -0.3 is 9.47 Å². The Bertz CT molecular complexity index is 1020. The molecule has 0 aromatic heterocycles. The third-order valence-electron chi connectivity index (χ3n) is 6.00. The molecule has 0 saturated heterocycles. The highest BCUT2D eigenvalue weighted by Crippen LogP contribution is 2.20. The minimum absolute atomic E-state index is 0.233. The fourth-order valence-corrected chi connectivity index (χ4v) is 3.89. The molecule has 0 heterocycles. The molecule has 4 nitrogen and oxygen atoms in total. The maximum Gasteiger partial charge on any atom is 0.338 e. The number of hydrogen-bond acceptors (Lipinski definition) is 4. The van der Waals surface area contributed by atoms with E-state index in [9.17, 15) is 9.59 Å². The lowest BCUT2D eigenvalue weighted by Crippen LogP contribution is -2.14. The summed E-state index contributed by atoms with van der Waals surface area (Å²) in [5, 5.41) is 0. The molecular weight excluding hydrogens is 436 g/mol. The molecular formula is C31H36O4. The molecule has 0 aliphatic rings. The van der Waals surface area contributed by atoms with Crippen LogP contribution in [-0.4, -0.2) is 25.0 Å². The molecule has 0 radical (unpaired) electrons. The second-order valence-electron chi connectivity index (χ2n) is 8.79. The molecule has 0 fully saturated rings. The van der Waals surface area contributed by atoms with Crippen molar-refractivity contribution in [3.05, 3.63) is 90.0 Å². The fraction of sp³-hybridized carbons (Fsp3) is 0.355. The fourth-order valence-electron chi connectivity index (χ4n) is 3.89. The Balaban J connectivity index is 1.36. The molecule has 0 spiro atoms. The molecule has 3 aromatic carbocycles. The van der Waals surface area contributed by atoms with Crippen LogP contribution in [0.25, 0.3) is 11.1 Å². The standard InChI is InChI=1S/C31H36O4/c1-2-3-4-5-6-7-8-12-23-34-29-21-19-28(20-22-29)31(33)35-24-30(32)27-17-15-26(16-18-27)25-13-10-9-11-14-25/h9-11,13-22H,2-8,12,23-24H2,1H3. The van der Waals surface area contributed by atoms with Crippen molar-refractivity contribution in [2.45, 2.75) is 58.3 Å². The zero-order chi connectivity index (χ0) is 24.7. The van der Waals surface area contributed by atoms with E-state index >= 15 is 0 Å². The molecule has 0 aliphatic carbocycles. The number of esters is 1. The normalized spacial score (nSPS) is 10.7. The summed E-state index contributed by atoms with van der Waals surface area (Å²) in [4.78, 5) is 24.8. The highest BCUT2D eigenvalue weighted by atomic mass is 16.5. The van der Waals surface area contributed by atoms with Crippen LogP contribution in [0.1, 0.15) is 79.0 Å². The molecule has 3 aromatic rings. The molecule has 0 amide bonds. The molecule has 0 N–H and O–H groups in total. The van der Waals surface area contributed by atoms with Crippen LogP contribution in [-0.2, 0) is 4.74 Å². The number of unbranched alkanes of at least 4 members (excludes halogenated alkanes) is 7. The summed E-state index contributed by atoms with van der Waals surface area (Å²) in [5.41, 5.74) is 3.03. The van der Waals surface area contributed by atoms with E-state index in [4.69, 9.17) is 9.47 Å². The Labute approximate surface area is 209 Å². The minimum atomic E-state index is -0.520. The van der Waals surface area contributed by atoms with Crippen molar-refractivity contribution >= 4 is 11.8 Å². The van der Waals surface area contributed by atoms with Crippen molar-refractivity contribution in [3.63, 3.8) is 0 Å². The Morgan fingerprint density at radius 1 is 0.629 bits per heavy atom. The summed E-state index contributed by atoms with van der Waals surface area (Å²) in [7, 11) is 0. The molecule has 184 valence electrons. The maximum atomic E-state index is 12.4. The number of carbonyl (C=O) groups is 2. The molecule has 0 unspecified atom stereocenters. The van der Waals surface area contributed by atoms with Gasteiger partial charge in [0.15, 0.2) is 12.4 Å². The second-order valence-corrected chi connectivity index (χ2v) is 8.79. The number of rotatable bonds is 15. The molecule has 0 aliphatic heterocycles. The smallest absolute Gasteiger partial charge is 0.338 e. The first kappa shape index (κ1) is 26.2. The summed E-state index contributed by atoms with van der Waals surface area (Å²) >= 11 is 0. The lowest BCUT2D eigenvalue weighted by Gasteiger charge is -2.08. The van der Waals surface area contributed by atoms with Crippen LogP contribution >= 0.6 is 0 Å². The first-order chi connectivity index (χ1) is 17.2. The lowest BCUT2D eigenvalue weighted by molar-refractivity contribution is 0.0474. The number of ketones is 1. The van der Waals surface area contributed by atoms with Crippen LogP contribution in [0.2, 0.25) is 0 Å². The Hall–Kier alpha value is -3.40. The van der Waals surface area contributed by atoms with Gasteiger partial charge in [0.25, 0.3) is 0 Å². The van der Waals surface area contributed by atoms with E-state index in [0.717, 1.165) is 23.3 Å². The van der Waals surface area contributed by atoms with Crippen LogP contribution in [0, 0.1) is 0 Å². The molecule has 0 atom stereocenters. The van der Waals surface area contributed by atoms with Gasteiger partial charge in [0, 0.05) is 5.56 Å². The van der Waals surface area contributed by atoms with Gasteiger partial charge in [0.05, 0.1) is 12.2 Å². The van der Waals surface area contributed by atoms with Gasteiger partial charge in [-0.15, -0.1) is 0 Å². The van der Waals surface area contributed by atoms with Crippen molar-refractivity contribution in [2.24, 2.45) is 0 Å².